The summed E-state index contributed by atoms with van der Waals surface area (Å²) in [6.07, 6.45) is 3.42. The minimum Gasteiger partial charge on any atom is -0.456 e. The van der Waals surface area contributed by atoms with Crippen LogP contribution in [-0.2, 0) is 13.0 Å². The zero-order valence-corrected chi connectivity index (χ0v) is 14.7. The van der Waals surface area contributed by atoms with Gasteiger partial charge in [-0.3, -0.25) is 4.90 Å². The molecule has 0 aromatic heterocycles. The molecule has 2 heteroatoms. The number of benzene rings is 3. The number of hydrogen-bond donors (Lipinski definition) is 0. The van der Waals surface area contributed by atoms with Crippen molar-refractivity contribution in [3.63, 3.8) is 0 Å². The molecule has 2 aliphatic rings. The van der Waals surface area contributed by atoms with Gasteiger partial charge in [0.05, 0.1) is 0 Å². The van der Waals surface area contributed by atoms with Crippen LogP contribution < -0.4 is 4.74 Å². The molecule has 128 valence electrons. The van der Waals surface area contributed by atoms with Crippen molar-refractivity contribution in [1.82, 2.24) is 4.90 Å². The van der Waals surface area contributed by atoms with Crippen molar-refractivity contribution in [1.29, 1.82) is 0 Å². The molecule has 0 atom stereocenters. The molecular formula is C24H21NO. The molecule has 0 N–H and O–H groups in total. The molecule has 26 heavy (non-hydrogen) atoms. The second kappa shape index (κ2) is 6.47. The van der Waals surface area contributed by atoms with Gasteiger partial charge in [0, 0.05) is 30.8 Å². The summed E-state index contributed by atoms with van der Waals surface area (Å²) < 4.78 is 6.21. The molecule has 2 nitrogen and oxygen atoms in total. The van der Waals surface area contributed by atoms with Crippen molar-refractivity contribution in [2.75, 3.05) is 13.1 Å². The summed E-state index contributed by atoms with van der Waals surface area (Å²) in [5.41, 5.74) is 6.62. The molecule has 2 heterocycles. The van der Waals surface area contributed by atoms with Crippen LogP contribution >= 0.6 is 0 Å². The molecule has 3 aromatic rings. The first-order valence-electron chi connectivity index (χ1n) is 9.23. The van der Waals surface area contributed by atoms with Crippen LogP contribution in [0.1, 0.15) is 22.3 Å². The minimum atomic E-state index is 0.930. The first-order valence-corrected chi connectivity index (χ1v) is 9.23. The average Bonchev–Trinajstić information content (AvgIpc) is 2.84. The zero-order chi connectivity index (χ0) is 17.3. The van der Waals surface area contributed by atoms with Crippen LogP contribution in [0.25, 0.3) is 11.6 Å². The van der Waals surface area contributed by atoms with Crippen molar-refractivity contribution in [2.24, 2.45) is 0 Å². The van der Waals surface area contributed by atoms with Gasteiger partial charge in [0.1, 0.15) is 11.5 Å². The standard InChI is InChI=1S/C24H21NO/c1-2-9-20-16-25(14-13-18(20)7-1)17-21-15-19-8-3-5-11-23(19)26-24-12-6-4-10-22(21)24/h1-12,15H,13-14,16-17H2. The average molecular weight is 339 g/mol. The van der Waals surface area contributed by atoms with Crippen molar-refractivity contribution in [3.8, 4) is 11.5 Å². The molecule has 0 saturated carbocycles. The monoisotopic (exact) mass is 339 g/mol. The maximum atomic E-state index is 6.21. The van der Waals surface area contributed by atoms with Crippen molar-refractivity contribution in [2.45, 2.75) is 13.0 Å². The van der Waals surface area contributed by atoms with E-state index in [1.165, 1.54) is 22.3 Å². The third-order valence-electron chi connectivity index (χ3n) is 5.31. The molecule has 5 rings (SSSR count). The number of ether oxygens (including phenoxy) is 1. The van der Waals surface area contributed by atoms with E-state index in [0.717, 1.165) is 43.1 Å². The van der Waals surface area contributed by atoms with Gasteiger partial charge in [0.25, 0.3) is 0 Å². The van der Waals surface area contributed by atoms with E-state index in [4.69, 9.17) is 4.74 Å². The van der Waals surface area contributed by atoms with E-state index in [9.17, 15) is 0 Å². The van der Waals surface area contributed by atoms with Crippen LogP contribution in [0.4, 0.5) is 0 Å². The van der Waals surface area contributed by atoms with Gasteiger partial charge in [0.15, 0.2) is 0 Å². The van der Waals surface area contributed by atoms with Crippen molar-refractivity contribution < 1.29 is 4.74 Å². The quantitative estimate of drug-likeness (QED) is 0.620. The van der Waals surface area contributed by atoms with Crippen LogP contribution in [0.15, 0.2) is 72.8 Å². The Balaban J connectivity index is 1.50. The molecule has 0 fully saturated rings. The van der Waals surface area contributed by atoms with Gasteiger partial charge in [-0.2, -0.15) is 0 Å². The predicted molar refractivity (Wildman–Crippen MR) is 106 cm³/mol. The number of para-hydroxylation sites is 2. The molecule has 0 unspecified atom stereocenters. The topological polar surface area (TPSA) is 12.5 Å². The van der Waals surface area contributed by atoms with E-state index >= 15 is 0 Å². The lowest BCUT2D eigenvalue weighted by molar-refractivity contribution is 0.286. The van der Waals surface area contributed by atoms with Crippen LogP contribution in [-0.4, -0.2) is 18.0 Å². The van der Waals surface area contributed by atoms with Crippen LogP contribution in [0, 0.1) is 0 Å². The normalized spacial score (nSPS) is 15.8. The van der Waals surface area contributed by atoms with E-state index in [1.54, 1.807) is 0 Å². The third-order valence-corrected chi connectivity index (χ3v) is 5.31. The Bertz CT molecular complexity index is 989. The highest BCUT2D eigenvalue weighted by atomic mass is 16.5. The summed E-state index contributed by atoms with van der Waals surface area (Å²) in [4.78, 5) is 2.54. The summed E-state index contributed by atoms with van der Waals surface area (Å²) in [5.74, 6) is 1.88. The Kier molecular flexibility index (Phi) is 3.84. The zero-order valence-electron chi connectivity index (χ0n) is 14.7. The Morgan fingerprint density at radius 3 is 2.42 bits per heavy atom. The lowest BCUT2D eigenvalue weighted by Crippen LogP contribution is -2.31. The van der Waals surface area contributed by atoms with Crippen molar-refractivity contribution in [3.05, 3.63) is 95.1 Å². The second-order valence-electron chi connectivity index (χ2n) is 7.03. The van der Waals surface area contributed by atoms with Crippen LogP contribution in [0.2, 0.25) is 0 Å². The van der Waals surface area contributed by atoms with E-state index in [0.29, 0.717) is 0 Å². The second-order valence-corrected chi connectivity index (χ2v) is 7.03. The molecule has 0 radical (unpaired) electrons. The first-order chi connectivity index (χ1) is 12.9. The van der Waals surface area contributed by atoms with E-state index in [2.05, 4.69) is 65.6 Å². The summed E-state index contributed by atoms with van der Waals surface area (Å²) in [6.45, 7) is 3.04. The highest BCUT2D eigenvalue weighted by molar-refractivity contribution is 5.88. The van der Waals surface area contributed by atoms with Crippen LogP contribution in [0.3, 0.4) is 0 Å². The highest BCUT2D eigenvalue weighted by Gasteiger charge is 2.21. The minimum absolute atomic E-state index is 0.930. The van der Waals surface area contributed by atoms with Crippen molar-refractivity contribution >= 4 is 11.6 Å². The number of rotatable bonds is 2. The van der Waals surface area contributed by atoms with Gasteiger partial charge < -0.3 is 4.74 Å². The molecule has 0 spiro atoms. The largest absolute Gasteiger partial charge is 0.456 e. The predicted octanol–water partition coefficient (Wildman–Crippen LogP) is 5.39. The fourth-order valence-electron chi connectivity index (χ4n) is 3.96. The lowest BCUT2D eigenvalue weighted by Gasteiger charge is -2.29. The Morgan fingerprint density at radius 2 is 1.50 bits per heavy atom. The molecule has 0 saturated heterocycles. The van der Waals surface area contributed by atoms with Gasteiger partial charge in [-0.05, 0) is 41.3 Å². The SMILES string of the molecule is C1=C(CN2CCc3ccccc3C2)c2ccccc2Oc2ccccc21. The number of hydrogen-bond acceptors (Lipinski definition) is 2. The maximum Gasteiger partial charge on any atom is 0.135 e. The van der Waals surface area contributed by atoms with Crippen LogP contribution in [0.5, 0.6) is 11.5 Å². The number of fused-ring (bicyclic) bond motifs is 3. The maximum absolute atomic E-state index is 6.21. The molecule has 0 aliphatic carbocycles. The third kappa shape index (κ3) is 2.83. The molecule has 0 bridgehead atoms. The van der Waals surface area contributed by atoms with Gasteiger partial charge in [-0.15, -0.1) is 0 Å². The van der Waals surface area contributed by atoms with E-state index in [-0.39, 0.29) is 0 Å². The smallest absolute Gasteiger partial charge is 0.135 e. The first kappa shape index (κ1) is 15.4. The summed E-state index contributed by atoms with van der Waals surface area (Å²) in [5, 5.41) is 0. The summed E-state index contributed by atoms with van der Waals surface area (Å²) in [6, 6.07) is 25.5. The Hall–Kier alpha value is -2.84. The van der Waals surface area contributed by atoms with E-state index in [1.807, 2.05) is 18.2 Å². The lowest BCUT2D eigenvalue weighted by atomic mass is 9.97. The Morgan fingerprint density at radius 1 is 0.769 bits per heavy atom. The van der Waals surface area contributed by atoms with Gasteiger partial charge in [-0.1, -0.05) is 60.7 Å². The van der Waals surface area contributed by atoms with Gasteiger partial charge >= 0.3 is 0 Å². The molecule has 0 amide bonds. The summed E-state index contributed by atoms with van der Waals surface area (Å²) in [7, 11) is 0. The van der Waals surface area contributed by atoms with Gasteiger partial charge in [-0.25, -0.2) is 0 Å². The molecular weight excluding hydrogens is 318 g/mol. The van der Waals surface area contributed by atoms with Gasteiger partial charge in [0.2, 0.25) is 0 Å². The highest BCUT2D eigenvalue weighted by Crippen LogP contribution is 2.38. The molecule has 3 aromatic carbocycles. The fourth-order valence-corrected chi connectivity index (χ4v) is 3.96. The molecule has 2 aliphatic heterocycles. The Labute approximate surface area is 154 Å². The number of nitrogens with zero attached hydrogens (tertiary/aromatic N) is 1. The van der Waals surface area contributed by atoms with E-state index < -0.39 is 0 Å². The summed E-state index contributed by atoms with van der Waals surface area (Å²) >= 11 is 0. The fraction of sp³-hybridized carbons (Fsp3) is 0.167.